The maximum absolute atomic E-state index is 11.1. The molecule has 2 rings (SSSR count). The van der Waals surface area contributed by atoms with Crippen LogP contribution < -0.4 is 5.32 Å². The largest absolute Gasteiger partial charge is 0.377 e. The number of benzene rings is 2. The number of ether oxygens (including phenoxy) is 1. The summed E-state index contributed by atoms with van der Waals surface area (Å²) >= 11 is 0. The van der Waals surface area contributed by atoms with Crippen molar-refractivity contribution in [2.75, 3.05) is 11.9 Å². The fourth-order valence-electron chi connectivity index (χ4n) is 2.00. The first-order valence-corrected chi connectivity index (χ1v) is 6.87. The smallest absolute Gasteiger partial charge is 0.299 e. The van der Waals surface area contributed by atoms with E-state index >= 15 is 0 Å². The van der Waals surface area contributed by atoms with Crippen LogP contribution in [0.2, 0.25) is 0 Å². The summed E-state index contributed by atoms with van der Waals surface area (Å²) in [5, 5.41) is 24.8. The van der Waals surface area contributed by atoms with Gasteiger partial charge in [-0.05, 0) is 30.7 Å². The highest BCUT2D eigenvalue weighted by atomic mass is 16.6. The summed E-state index contributed by atoms with van der Waals surface area (Å²) in [7, 11) is 0. The Morgan fingerprint density at radius 2 is 1.87 bits per heavy atom. The van der Waals surface area contributed by atoms with E-state index in [2.05, 4.69) is 5.32 Å². The highest BCUT2D eigenvalue weighted by Gasteiger charge is 2.19. The second-order valence-corrected chi connectivity index (χ2v) is 4.68. The van der Waals surface area contributed by atoms with E-state index in [0.717, 1.165) is 11.6 Å². The molecule has 0 fully saturated rings. The maximum Gasteiger partial charge on any atom is 0.299 e. The van der Waals surface area contributed by atoms with Crippen LogP contribution in [0.5, 0.6) is 0 Å². The van der Waals surface area contributed by atoms with E-state index in [4.69, 9.17) is 4.74 Å². The molecule has 0 aliphatic rings. The fourth-order valence-corrected chi connectivity index (χ4v) is 2.00. The van der Waals surface area contributed by atoms with Crippen molar-refractivity contribution in [1.82, 2.24) is 0 Å². The van der Waals surface area contributed by atoms with E-state index in [1.807, 2.05) is 13.0 Å². The third kappa shape index (κ3) is 4.24. The van der Waals surface area contributed by atoms with E-state index in [0.29, 0.717) is 18.9 Å². The van der Waals surface area contributed by atoms with Gasteiger partial charge < -0.3 is 10.1 Å². The summed E-state index contributed by atoms with van der Waals surface area (Å²) in [5.74, 6) is 0. The Bertz CT molecular complexity index is 733. The van der Waals surface area contributed by atoms with Crippen LogP contribution in [-0.4, -0.2) is 16.5 Å². The molecule has 0 saturated carbocycles. The fraction of sp³-hybridized carbons (Fsp3) is 0.200. The summed E-state index contributed by atoms with van der Waals surface area (Å²) in [6.45, 7) is 2.92. The monoisotopic (exact) mass is 317 g/mol. The standard InChI is InChI=1S/C15H15N3O5/c1-2-23-10-11-4-3-5-12(8-11)16-14-7-6-13(17(19)20)9-15(14)18(21)22/h3-9,16H,2,10H2,1H3. The summed E-state index contributed by atoms with van der Waals surface area (Å²) in [6, 6.07) is 10.7. The second-order valence-electron chi connectivity index (χ2n) is 4.68. The molecule has 1 N–H and O–H groups in total. The van der Waals surface area contributed by atoms with Gasteiger partial charge in [-0.25, -0.2) is 0 Å². The molecule has 0 amide bonds. The van der Waals surface area contributed by atoms with Crippen LogP contribution in [0.4, 0.5) is 22.7 Å². The van der Waals surface area contributed by atoms with Crippen LogP contribution in [0.25, 0.3) is 0 Å². The molecule has 0 unspecified atom stereocenters. The number of non-ortho nitro benzene ring substituents is 1. The molecule has 0 atom stereocenters. The first kappa shape index (κ1) is 16.4. The molecule has 0 saturated heterocycles. The molecule has 2 aromatic rings. The number of anilines is 2. The second kappa shape index (κ2) is 7.32. The summed E-state index contributed by atoms with van der Waals surface area (Å²) < 4.78 is 5.32. The van der Waals surface area contributed by atoms with Gasteiger partial charge in [0.05, 0.1) is 22.5 Å². The Morgan fingerprint density at radius 3 is 2.52 bits per heavy atom. The van der Waals surface area contributed by atoms with Crippen molar-refractivity contribution in [3.05, 3.63) is 68.3 Å². The SMILES string of the molecule is CCOCc1cccc(Nc2ccc([N+](=O)[O-])cc2[N+](=O)[O-])c1. The average Bonchev–Trinajstić information content (AvgIpc) is 2.53. The van der Waals surface area contributed by atoms with Crippen molar-refractivity contribution in [2.24, 2.45) is 0 Å². The highest BCUT2D eigenvalue weighted by molar-refractivity contribution is 5.71. The van der Waals surface area contributed by atoms with Crippen LogP contribution in [-0.2, 0) is 11.3 Å². The summed E-state index contributed by atoms with van der Waals surface area (Å²) in [6.07, 6.45) is 0. The lowest BCUT2D eigenvalue weighted by molar-refractivity contribution is -0.393. The van der Waals surface area contributed by atoms with Crippen molar-refractivity contribution in [3.8, 4) is 0 Å². The van der Waals surface area contributed by atoms with Crippen molar-refractivity contribution in [3.63, 3.8) is 0 Å². The molecule has 8 nitrogen and oxygen atoms in total. The van der Waals surface area contributed by atoms with E-state index in [9.17, 15) is 20.2 Å². The minimum absolute atomic E-state index is 0.189. The van der Waals surface area contributed by atoms with E-state index in [1.54, 1.807) is 18.2 Å². The van der Waals surface area contributed by atoms with Crippen LogP contribution in [0.3, 0.4) is 0 Å². The Kier molecular flexibility index (Phi) is 5.21. The number of rotatable bonds is 7. The van der Waals surface area contributed by atoms with Gasteiger partial charge >= 0.3 is 0 Å². The van der Waals surface area contributed by atoms with Gasteiger partial charge in [0, 0.05) is 18.4 Å². The lowest BCUT2D eigenvalue weighted by Crippen LogP contribution is -1.99. The minimum atomic E-state index is -0.667. The molecule has 8 heteroatoms. The molecule has 0 aromatic heterocycles. The molecule has 0 heterocycles. The molecule has 120 valence electrons. The zero-order valence-electron chi connectivity index (χ0n) is 12.4. The predicted molar refractivity (Wildman–Crippen MR) is 84.8 cm³/mol. The summed E-state index contributed by atoms with van der Waals surface area (Å²) in [5.41, 5.74) is 1.07. The quantitative estimate of drug-likeness (QED) is 0.615. The zero-order chi connectivity index (χ0) is 16.8. The lowest BCUT2D eigenvalue weighted by Gasteiger charge is -2.09. The van der Waals surface area contributed by atoms with Gasteiger partial charge in [-0.1, -0.05) is 12.1 Å². The Morgan fingerprint density at radius 1 is 1.09 bits per heavy atom. The van der Waals surface area contributed by atoms with Gasteiger partial charge in [0.25, 0.3) is 11.4 Å². The topological polar surface area (TPSA) is 108 Å². The zero-order valence-corrected chi connectivity index (χ0v) is 12.4. The van der Waals surface area contributed by atoms with Crippen LogP contribution in [0, 0.1) is 20.2 Å². The third-order valence-electron chi connectivity index (χ3n) is 3.07. The van der Waals surface area contributed by atoms with Gasteiger partial charge in [-0.3, -0.25) is 20.2 Å². The Hall–Kier alpha value is -3.00. The Balaban J connectivity index is 2.29. The van der Waals surface area contributed by atoms with Gasteiger partial charge in [0.15, 0.2) is 0 Å². The first-order chi connectivity index (χ1) is 11.0. The summed E-state index contributed by atoms with van der Waals surface area (Å²) in [4.78, 5) is 20.5. The number of nitro benzene ring substituents is 2. The van der Waals surface area contributed by atoms with E-state index in [-0.39, 0.29) is 17.1 Å². The normalized spacial score (nSPS) is 10.3. The number of nitrogens with zero attached hydrogens (tertiary/aromatic N) is 2. The van der Waals surface area contributed by atoms with Gasteiger partial charge in [-0.15, -0.1) is 0 Å². The van der Waals surface area contributed by atoms with E-state index < -0.39 is 9.85 Å². The highest BCUT2D eigenvalue weighted by Crippen LogP contribution is 2.31. The minimum Gasteiger partial charge on any atom is -0.377 e. The van der Waals surface area contributed by atoms with Gasteiger partial charge in [0.2, 0.25) is 0 Å². The van der Waals surface area contributed by atoms with Gasteiger partial charge in [-0.2, -0.15) is 0 Å². The van der Waals surface area contributed by atoms with Gasteiger partial charge in [0.1, 0.15) is 5.69 Å². The van der Waals surface area contributed by atoms with Crippen molar-refractivity contribution in [2.45, 2.75) is 13.5 Å². The molecule has 0 aliphatic heterocycles. The molecule has 0 aliphatic carbocycles. The number of hydrogen-bond acceptors (Lipinski definition) is 6. The lowest BCUT2D eigenvalue weighted by atomic mass is 10.2. The molecule has 0 spiro atoms. The van der Waals surface area contributed by atoms with Crippen molar-refractivity contribution < 1.29 is 14.6 Å². The molecule has 2 aromatic carbocycles. The third-order valence-corrected chi connectivity index (χ3v) is 3.07. The number of nitrogens with one attached hydrogen (secondary N) is 1. The van der Waals surface area contributed by atoms with Crippen molar-refractivity contribution >= 4 is 22.7 Å². The average molecular weight is 317 g/mol. The number of hydrogen-bond donors (Lipinski definition) is 1. The molecular weight excluding hydrogens is 302 g/mol. The maximum atomic E-state index is 11.1. The first-order valence-electron chi connectivity index (χ1n) is 6.87. The molecule has 0 bridgehead atoms. The predicted octanol–water partition coefficient (Wildman–Crippen LogP) is 3.78. The van der Waals surface area contributed by atoms with E-state index in [1.165, 1.54) is 12.1 Å². The molecule has 23 heavy (non-hydrogen) atoms. The van der Waals surface area contributed by atoms with Crippen molar-refractivity contribution in [1.29, 1.82) is 0 Å². The van der Waals surface area contributed by atoms with Crippen LogP contribution in [0.15, 0.2) is 42.5 Å². The molecular formula is C15H15N3O5. The van der Waals surface area contributed by atoms with Crippen LogP contribution >= 0.6 is 0 Å². The molecule has 0 radical (unpaired) electrons. The number of nitro groups is 2. The Labute approximate surface area is 132 Å². The van der Waals surface area contributed by atoms with Crippen LogP contribution in [0.1, 0.15) is 12.5 Å².